The van der Waals surface area contributed by atoms with Gasteiger partial charge < -0.3 is 0 Å². The van der Waals surface area contributed by atoms with Gasteiger partial charge in [-0.05, 0) is 19.3 Å². The van der Waals surface area contributed by atoms with Crippen molar-refractivity contribution >= 4 is 0 Å². The summed E-state index contributed by atoms with van der Waals surface area (Å²) in [6.45, 7) is 3.49. The first-order valence-corrected chi connectivity index (χ1v) is 5.51. The number of aryl methyl sites for hydroxylation is 2. The monoisotopic (exact) mass is 179 g/mol. The first-order chi connectivity index (χ1) is 6.42. The fraction of sp³-hybridized carbons (Fsp3) is 0.727. The number of H-pyrrole nitrogens is 1. The van der Waals surface area contributed by atoms with Crippen LogP contribution in [-0.4, -0.2) is 4.98 Å². The maximum absolute atomic E-state index is 3.40. The number of aromatic nitrogens is 2. The van der Waals surface area contributed by atoms with E-state index in [0.717, 1.165) is 0 Å². The number of nitrogens with zero attached hydrogens (tertiary/aromatic N) is 1. The van der Waals surface area contributed by atoms with Crippen LogP contribution in [-0.2, 0) is 19.4 Å². The number of fused-ring (bicyclic) bond motifs is 1. The van der Waals surface area contributed by atoms with Gasteiger partial charge in [-0.2, -0.15) is 0 Å². The molecule has 0 bridgehead atoms. The molecule has 13 heavy (non-hydrogen) atoms. The molecule has 2 rings (SSSR count). The molecule has 0 amide bonds. The summed E-state index contributed by atoms with van der Waals surface area (Å²) in [7, 11) is 0. The zero-order valence-corrected chi connectivity index (χ0v) is 8.47. The van der Waals surface area contributed by atoms with Crippen molar-refractivity contribution in [2.24, 2.45) is 0 Å². The van der Waals surface area contributed by atoms with Crippen LogP contribution in [0.5, 0.6) is 0 Å². The Balaban J connectivity index is 2.12. The van der Waals surface area contributed by atoms with Crippen molar-refractivity contribution in [3.63, 3.8) is 0 Å². The Hall–Kier alpha value is -0.790. The number of unbranched alkanes of at least 4 members (excludes halogenated alkanes) is 1. The highest BCUT2D eigenvalue weighted by Gasteiger charge is 2.20. The Morgan fingerprint density at radius 2 is 2.38 bits per heavy atom. The molecule has 0 saturated heterocycles. The van der Waals surface area contributed by atoms with Crippen molar-refractivity contribution in [2.45, 2.75) is 52.0 Å². The molecule has 1 N–H and O–H groups in total. The predicted molar refractivity (Wildman–Crippen MR) is 52.5 cm³/mol. The van der Waals surface area contributed by atoms with Gasteiger partial charge in [0.25, 0.3) is 5.82 Å². The smallest absolute Gasteiger partial charge is 0.247 e. The number of rotatable bonds is 3. The van der Waals surface area contributed by atoms with Crippen LogP contribution < -0.4 is 4.57 Å². The summed E-state index contributed by atoms with van der Waals surface area (Å²) in [4.78, 5) is 3.40. The van der Waals surface area contributed by atoms with Crippen molar-refractivity contribution in [3.05, 3.63) is 17.7 Å². The lowest BCUT2D eigenvalue weighted by Gasteiger charge is -2.08. The zero-order valence-electron chi connectivity index (χ0n) is 8.47. The van der Waals surface area contributed by atoms with Gasteiger partial charge in [0.2, 0.25) is 0 Å². The van der Waals surface area contributed by atoms with E-state index in [1.807, 2.05) is 0 Å². The van der Waals surface area contributed by atoms with E-state index in [-0.39, 0.29) is 0 Å². The molecule has 2 heterocycles. The second-order valence-corrected chi connectivity index (χ2v) is 3.94. The van der Waals surface area contributed by atoms with Crippen LogP contribution in [0.25, 0.3) is 0 Å². The molecule has 72 valence electrons. The lowest BCUT2D eigenvalue weighted by atomic mass is 10.1. The second kappa shape index (κ2) is 3.95. The van der Waals surface area contributed by atoms with Crippen molar-refractivity contribution in [1.29, 1.82) is 0 Å². The van der Waals surface area contributed by atoms with Crippen LogP contribution in [0.1, 0.15) is 44.1 Å². The van der Waals surface area contributed by atoms with Crippen LogP contribution in [0, 0.1) is 0 Å². The van der Waals surface area contributed by atoms with Gasteiger partial charge in [0.15, 0.2) is 0 Å². The van der Waals surface area contributed by atoms with Gasteiger partial charge in [-0.25, -0.2) is 9.55 Å². The molecule has 0 saturated carbocycles. The summed E-state index contributed by atoms with van der Waals surface area (Å²) in [5, 5.41) is 0. The highest BCUT2D eigenvalue weighted by Crippen LogP contribution is 2.09. The molecule has 0 aliphatic carbocycles. The Kier molecular flexibility index (Phi) is 2.67. The van der Waals surface area contributed by atoms with Gasteiger partial charge in [-0.1, -0.05) is 13.3 Å². The Morgan fingerprint density at radius 1 is 1.46 bits per heavy atom. The van der Waals surface area contributed by atoms with E-state index in [9.17, 15) is 0 Å². The SMILES string of the molecule is CCCCc1c[nH]c2[n+]1CCCC2. The molecule has 0 spiro atoms. The fourth-order valence-electron chi connectivity index (χ4n) is 2.11. The minimum absolute atomic E-state index is 1.23. The number of imidazole rings is 1. The first-order valence-electron chi connectivity index (χ1n) is 5.51. The maximum atomic E-state index is 3.40. The molecule has 1 aromatic rings. The van der Waals surface area contributed by atoms with Crippen LogP contribution in [0.3, 0.4) is 0 Å². The summed E-state index contributed by atoms with van der Waals surface area (Å²) in [6.07, 6.45) is 10.0. The summed E-state index contributed by atoms with van der Waals surface area (Å²) in [5.74, 6) is 1.44. The normalized spacial score (nSPS) is 15.8. The van der Waals surface area contributed by atoms with Gasteiger partial charge in [0.1, 0.15) is 11.9 Å². The predicted octanol–water partition coefficient (Wildman–Crippen LogP) is 1.98. The molecule has 1 aromatic heterocycles. The maximum Gasteiger partial charge on any atom is 0.254 e. The molecule has 0 aromatic carbocycles. The topological polar surface area (TPSA) is 19.7 Å². The van der Waals surface area contributed by atoms with Crippen LogP contribution >= 0.6 is 0 Å². The third-order valence-electron chi connectivity index (χ3n) is 2.91. The molecule has 0 fully saturated rings. The number of nitrogens with one attached hydrogen (secondary N) is 1. The van der Waals surface area contributed by atoms with Crippen LogP contribution in [0.2, 0.25) is 0 Å². The third kappa shape index (κ3) is 1.77. The average molecular weight is 179 g/mol. The summed E-state index contributed by atoms with van der Waals surface area (Å²) in [6, 6.07) is 0. The standard InChI is InChI=1S/C11H18N2/c1-2-3-6-10-9-12-11-7-4-5-8-13(10)11/h9H,2-8H2,1H3/p+1. The molecule has 0 atom stereocenters. The average Bonchev–Trinajstić information content (AvgIpc) is 2.58. The van der Waals surface area contributed by atoms with Crippen molar-refractivity contribution < 1.29 is 4.57 Å². The fourth-order valence-corrected chi connectivity index (χ4v) is 2.11. The molecule has 1 aliphatic heterocycles. The molecule has 2 nitrogen and oxygen atoms in total. The van der Waals surface area contributed by atoms with Gasteiger partial charge in [0, 0.05) is 12.8 Å². The summed E-state index contributed by atoms with van der Waals surface area (Å²) in [5.41, 5.74) is 1.51. The molecular weight excluding hydrogens is 160 g/mol. The van der Waals surface area contributed by atoms with Crippen molar-refractivity contribution in [1.82, 2.24) is 4.98 Å². The van der Waals surface area contributed by atoms with Crippen LogP contribution in [0.15, 0.2) is 6.20 Å². The van der Waals surface area contributed by atoms with Gasteiger partial charge >= 0.3 is 0 Å². The van der Waals surface area contributed by atoms with E-state index in [2.05, 4.69) is 22.7 Å². The molecule has 2 heteroatoms. The highest BCUT2D eigenvalue weighted by molar-refractivity contribution is 4.93. The lowest BCUT2D eigenvalue weighted by Crippen LogP contribution is -2.42. The minimum Gasteiger partial charge on any atom is -0.247 e. The van der Waals surface area contributed by atoms with Crippen molar-refractivity contribution in [2.75, 3.05) is 0 Å². The Morgan fingerprint density at radius 3 is 3.23 bits per heavy atom. The second-order valence-electron chi connectivity index (χ2n) is 3.94. The lowest BCUT2D eigenvalue weighted by molar-refractivity contribution is -0.714. The van der Waals surface area contributed by atoms with E-state index < -0.39 is 0 Å². The van der Waals surface area contributed by atoms with E-state index in [1.165, 1.54) is 56.6 Å². The summed E-state index contributed by atoms with van der Waals surface area (Å²) < 4.78 is 2.49. The largest absolute Gasteiger partial charge is 0.254 e. The zero-order chi connectivity index (χ0) is 9.10. The number of hydrogen-bond donors (Lipinski definition) is 1. The van der Waals surface area contributed by atoms with E-state index in [4.69, 9.17) is 0 Å². The van der Waals surface area contributed by atoms with Gasteiger partial charge in [-0.15, -0.1) is 0 Å². The molecule has 0 radical (unpaired) electrons. The molecule has 0 unspecified atom stereocenters. The quantitative estimate of drug-likeness (QED) is 0.685. The van der Waals surface area contributed by atoms with Gasteiger partial charge in [-0.3, -0.25) is 0 Å². The van der Waals surface area contributed by atoms with Gasteiger partial charge in [0.05, 0.1) is 6.54 Å². The highest BCUT2D eigenvalue weighted by atomic mass is 15.1. The Bertz CT molecular complexity index is 276. The molecule has 1 aliphatic rings. The number of aromatic amines is 1. The van der Waals surface area contributed by atoms with E-state index in [0.29, 0.717) is 0 Å². The van der Waals surface area contributed by atoms with Crippen LogP contribution in [0.4, 0.5) is 0 Å². The Labute approximate surface area is 80.0 Å². The van der Waals surface area contributed by atoms with E-state index in [1.54, 1.807) is 0 Å². The number of hydrogen-bond acceptors (Lipinski definition) is 0. The minimum atomic E-state index is 1.23. The third-order valence-corrected chi connectivity index (χ3v) is 2.91. The molecular formula is C11H19N2+. The van der Waals surface area contributed by atoms with E-state index >= 15 is 0 Å². The summed E-state index contributed by atoms with van der Waals surface area (Å²) >= 11 is 0. The van der Waals surface area contributed by atoms with Crippen molar-refractivity contribution in [3.8, 4) is 0 Å². The first kappa shape index (κ1) is 8.79.